The van der Waals surface area contributed by atoms with Crippen molar-refractivity contribution in [3.05, 3.63) is 64.2 Å². The number of aliphatic hydroxyl groups is 1. The number of nitrogens with zero attached hydrogens (tertiary/aromatic N) is 3. The van der Waals surface area contributed by atoms with Crippen LogP contribution in [0.4, 0.5) is 0 Å². The van der Waals surface area contributed by atoms with Gasteiger partial charge >= 0.3 is 0 Å². The van der Waals surface area contributed by atoms with Crippen LogP contribution in [0, 0.1) is 13.8 Å². The van der Waals surface area contributed by atoms with Crippen LogP contribution >= 0.6 is 11.6 Å². The van der Waals surface area contributed by atoms with E-state index in [0.717, 1.165) is 18.7 Å². The Bertz CT molecular complexity index is 1020. The molecule has 2 fully saturated rings. The molecule has 0 aromatic heterocycles. The molecule has 0 amide bonds. The van der Waals surface area contributed by atoms with Crippen LogP contribution in [0.3, 0.4) is 0 Å². The molecular formula is C23H30ClN3O3S. The van der Waals surface area contributed by atoms with Gasteiger partial charge in [0.2, 0.25) is 10.0 Å². The monoisotopic (exact) mass is 463 g/mol. The third kappa shape index (κ3) is 4.82. The summed E-state index contributed by atoms with van der Waals surface area (Å²) >= 11 is 6.15. The molecule has 2 atom stereocenters. The van der Waals surface area contributed by atoms with Gasteiger partial charge in [0.05, 0.1) is 11.0 Å². The summed E-state index contributed by atoms with van der Waals surface area (Å²) in [5.41, 5.74) is 2.66. The molecule has 6 nitrogen and oxygen atoms in total. The third-order valence-electron chi connectivity index (χ3n) is 6.40. The second kappa shape index (κ2) is 9.17. The zero-order valence-electron chi connectivity index (χ0n) is 18.0. The van der Waals surface area contributed by atoms with Crippen molar-refractivity contribution in [2.24, 2.45) is 0 Å². The lowest BCUT2D eigenvalue weighted by Crippen LogP contribution is -2.54. The number of sulfonamides is 1. The molecule has 0 spiro atoms. The van der Waals surface area contributed by atoms with Crippen LogP contribution in [-0.2, 0) is 16.6 Å². The minimum absolute atomic E-state index is 0.0353. The second-order valence-electron chi connectivity index (χ2n) is 8.62. The lowest BCUT2D eigenvalue weighted by molar-refractivity contribution is 0.0618. The molecule has 2 aromatic carbocycles. The number of likely N-dealkylation sites (tertiary alicyclic amines) is 1. The Kier molecular flexibility index (Phi) is 6.72. The minimum atomic E-state index is -3.57. The van der Waals surface area contributed by atoms with Gasteiger partial charge in [-0.15, -0.1) is 0 Å². The summed E-state index contributed by atoms with van der Waals surface area (Å²) in [6.07, 6.45) is -0.423. The third-order valence-corrected chi connectivity index (χ3v) is 8.85. The number of hydrogen-bond acceptors (Lipinski definition) is 5. The zero-order chi connectivity index (χ0) is 22.2. The molecule has 0 bridgehead atoms. The Balaban J connectivity index is 1.39. The highest BCUT2D eigenvalue weighted by Crippen LogP contribution is 2.28. The number of halogens is 1. The van der Waals surface area contributed by atoms with Crippen molar-refractivity contribution in [3.63, 3.8) is 0 Å². The van der Waals surface area contributed by atoms with Crippen LogP contribution in [0.2, 0.25) is 5.02 Å². The van der Waals surface area contributed by atoms with Gasteiger partial charge in [-0.3, -0.25) is 9.80 Å². The predicted octanol–water partition coefficient (Wildman–Crippen LogP) is 2.51. The van der Waals surface area contributed by atoms with Gasteiger partial charge in [0.15, 0.2) is 0 Å². The maximum absolute atomic E-state index is 13.2. The van der Waals surface area contributed by atoms with Gasteiger partial charge in [-0.1, -0.05) is 41.9 Å². The van der Waals surface area contributed by atoms with Crippen LogP contribution in [0.1, 0.15) is 16.7 Å². The molecule has 8 heteroatoms. The average molecular weight is 464 g/mol. The summed E-state index contributed by atoms with van der Waals surface area (Å²) in [5, 5.41) is 11.2. The van der Waals surface area contributed by atoms with Crippen molar-refractivity contribution in [3.8, 4) is 0 Å². The summed E-state index contributed by atoms with van der Waals surface area (Å²) in [7, 11) is -3.57. The number of piperazine rings is 1. The summed E-state index contributed by atoms with van der Waals surface area (Å²) in [4.78, 5) is 4.84. The van der Waals surface area contributed by atoms with Crippen molar-refractivity contribution in [2.45, 2.75) is 37.4 Å². The molecule has 2 unspecified atom stereocenters. The molecule has 31 heavy (non-hydrogen) atoms. The maximum atomic E-state index is 13.2. The van der Waals surface area contributed by atoms with Gasteiger partial charge in [0, 0.05) is 56.9 Å². The van der Waals surface area contributed by atoms with E-state index < -0.39 is 16.1 Å². The number of hydrogen-bond donors (Lipinski definition) is 1. The molecule has 0 aliphatic carbocycles. The Morgan fingerprint density at radius 3 is 2.35 bits per heavy atom. The largest absolute Gasteiger partial charge is 0.390 e. The Morgan fingerprint density at radius 2 is 1.68 bits per heavy atom. The maximum Gasteiger partial charge on any atom is 0.243 e. The summed E-state index contributed by atoms with van der Waals surface area (Å²) < 4.78 is 28.0. The van der Waals surface area contributed by atoms with E-state index in [1.807, 2.05) is 25.1 Å². The molecule has 2 aromatic rings. The average Bonchev–Trinajstić information content (AvgIpc) is 3.11. The summed E-state index contributed by atoms with van der Waals surface area (Å²) in [5.74, 6) is 0. The van der Waals surface area contributed by atoms with E-state index in [4.69, 9.17) is 11.6 Å². The van der Waals surface area contributed by atoms with Crippen molar-refractivity contribution in [1.29, 1.82) is 0 Å². The lowest BCUT2D eigenvalue weighted by Gasteiger charge is -2.38. The number of aliphatic hydroxyl groups excluding tert-OH is 1. The minimum Gasteiger partial charge on any atom is -0.390 e. The molecule has 2 aliphatic rings. The van der Waals surface area contributed by atoms with Crippen LogP contribution in [-0.4, -0.2) is 79.0 Å². The van der Waals surface area contributed by atoms with Crippen molar-refractivity contribution in [2.75, 3.05) is 39.3 Å². The molecule has 2 aliphatic heterocycles. The second-order valence-corrected chi connectivity index (χ2v) is 10.9. The number of rotatable bonds is 5. The van der Waals surface area contributed by atoms with Crippen molar-refractivity contribution in [1.82, 2.24) is 14.1 Å². The van der Waals surface area contributed by atoms with Gasteiger partial charge in [0.25, 0.3) is 0 Å². The number of aryl methyl sites for hydroxylation is 2. The fourth-order valence-electron chi connectivity index (χ4n) is 4.62. The van der Waals surface area contributed by atoms with Gasteiger partial charge in [-0.25, -0.2) is 8.42 Å². The first-order chi connectivity index (χ1) is 14.8. The molecule has 2 heterocycles. The number of β-amino-alcohol motifs (C(OH)–C–C–N with tert-alkyl or cyclic N) is 1. The summed E-state index contributed by atoms with van der Waals surface area (Å²) in [6.45, 7) is 7.93. The Hall–Kier alpha value is -1.48. The SMILES string of the molecule is Cc1cc(S(=O)(=O)N2CCN(C3CN(Cc4ccccc4)CC3O)CC2)c(C)cc1Cl. The quantitative estimate of drug-likeness (QED) is 0.738. The predicted molar refractivity (Wildman–Crippen MR) is 123 cm³/mol. The van der Waals surface area contributed by atoms with E-state index in [-0.39, 0.29) is 6.04 Å². The van der Waals surface area contributed by atoms with Crippen LogP contribution in [0.15, 0.2) is 47.4 Å². The molecule has 0 radical (unpaired) electrons. The molecule has 1 N–H and O–H groups in total. The van der Waals surface area contributed by atoms with E-state index in [0.29, 0.717) is 48.2 Å². The van der Waals surface area contributed by atoms with Crippen LogP contribution < -0.4 is 0 Å². The summed E-state index contributed by atoms with van der Waals surface area (Å²) in [6, 6.07) is 13.7. The topological polar surface area (TPSA) is 64.1 Å². The molecule has 168 valence electrons. The Morgan fingerprint density at radius 1 is 1.00 bits per heavy atom. The smallest absolute Gasteiger partial charge is 0.243 e. The highest BCUT2D eigenvalue weighted by atomic mass is 35.5. The van der Waals surface area contributed by atoms with E-state index in [9.17, 15) is 13.5 Å². The molecular weight excluding hydrogens is 434 g/mol. The van der Waals surface area contributed by atoms with Gasteiger partial charge in [-0.05, 0) is 42.7 Å². The fourth-order valence-corrected chi connectivity index (χ4v) is 6.56. The van der Waals surface area contributed by atoms with E-state index in [1.54, 1.807) is 23.4 Å². The lowest BCUT2D eigenvalue weighted by atomic mass is 10.1. The van der Waals surface area contributed by atoms with E-state index >= 15 is 0 Å². The molecule has 2 saturated heterocycles. The van der Waals surface area contributed by atoms with E-state index in [1.165, 1.54) is 5.56 Å². The first kappa shape index (κ1) is 22.7. The fraction of sp³-hybridized carbons (Fsp3) is 0.478. The first-order valence-electron chi connectivity index (χ1n) is 10.7. The molecule has 4 rings (SSSR count). The molecule has 0 saturated carbocycles. The van der Waals surface area contributed by atoms with Gasteiger partial charge < -0.3 is 5.11 Å². The number of benzene rings is 2. The van der Waals surface area contributed by atoms with Crippen LogP contribution in [0.5, 0.6) is 0 Å². The highest BCUT2D eigenvalue weighted by molar-refractivity contribution is 7.89. The van der Waals surface area contributed by atoms with Gasteiger partial charge in [0.1, 0.15) is 0 Å². The van der Waals surface area contributed by atoms with E-state index in [2.05, 4.69) is 21.9 Å². The Labute approximate surface area is 190 Å². The first-order valence-corrected chi connectivity index (χ1v) is 12.5. The van der Waals surface area contributed by atoms with Crippen molar-refractivity contribution >= 4 is 21.6 Å². The van der Waals surface area contributed by atoms with Crippen LogP contribution in [0.25, 0.3) is 0 Å². The normalized spacial score (nSPS) is 24.0. The highest BCUT2D eigenvalue weighted by Gasteiger charge is 2.38. The van der Waals surface area contributed by atoms with Crippen molar-refractivity contribution < 1.29 is 13.5 Å². The standard InChI is InChI=1S/C23H30ClN3O3S/c1-17-13-23(18(2)12-20(17)24)31(29,30)27-10-8-26(9-11-27)21-15-25(16-22(21)28)14-19-6-4-3-5-7-19/h3-7,12-13,21-22,28H,8-11,14-16H2,1-2H3. The zero-order valence-corrected chi connectivity index (χ0v) is 19.6. The van der Waals surface area contributed by atoms with Gasteiger partial charge in [-0.2, -0.15) is 4.31 Å².